The molecule has 0 radical (unpaired) electrons. The highest BCUT2D eigenvalue weighted by molar-refractivity contribution is 6.30. The maximum absolute atomic E-state index is 12.3. The molecule has 1 unspecified atom stereocenters. The Labute approximate surface area is 143 Å². The van der Waals surface area contributed by atoms with Gasteiger partial charge in [0, 0.05) is 12.1 Å². The number of hydrogen-bond acceptors (Lipinski definition) is 5. The molecular formula is C16H17ClN4O3. The third-order valence-corrected chi connectivity index (χ3v) is 3.87. The van der Waals surface area contributed by atoms with Crippen LogP contribution in [0.25, 0.3) is 11.0 Å². The molecular weight excluding hydrogens is 332 g/mol. The summed E-state index contributed by atoms with van der Waals surface area (Å²) in [6.07, 6.45) is 2.07. The van der Waals surface area contributed by atoms with E-state index >= 15 is 0 Å². The number of fused-ring (bicyclic) bond motifs is 1. The van der Waals surface area contributed by atoms with Crippen LogP contribution in [-0.4, -0.2) is 37.1 Å². The minimum absolute atomic E-state index is 0.108. The zero-order chi connectivity index (χ0) is 17.1. The average Bonchev–Trinajstić information content (AvgIpc) is 2.94. The van der Waals surface area contributed by atoms with E-state index in [2.05, 4.69) is 10.1 Å². The molecule has 2 aromatic heterocycles. The number of aromatic nitrogens is 4. The molecule has 0 amide bonds. The molecule has 2 heterocycles. The molecule has 8 heteroatoms. The first-order chi connectivity index (χ1) is 11.5. The number of benzene rings is 1. The lowest BCUT2D eigenvalue weighted by atomic mass is 10.2. The minimum atomic E-state index is -0.814. The van der Waals surface area contributed by atoms with Gasteiger partial charge < -0.3 is 9.84 Å². The number of aliphatic hydroxyl groups is 1. The van der Waals surface area contributed by atoms with Crippen LogP contribution in [0.3, 0.4) is 0 Å². The second kappa shape index (κ2) is 7.12. The van der Waals surface area contributed by atoms with Crippen LogP contribution < -0.4 is 5.56 Å². The number of aliphatic hydroxyl groups excluding tert-OH is 1. The van der Waals surface area contributed by atoms with Crippen molar-refractivity contribution in [3.8, 4) is 0 Å². The summed E-state index contributed by atoms with van der Waals surface area (Å²) < 4.78 is 8.38. The van der Waals surface area contributed by atoms with Gasteiger partial charge in [-0.3, -0.25) is 14.0 Å². The molecule has 0 saturated carbocycles. The van der Waals surface area contributed by atoms with Crippen LogP contribution in [-0.2, 0) is 24.9 Å². The summed E-state index contributed by atoms with van der Waals surface area (Å²) in [6, 6.07) is 7.29. The van der Waals surface area contributed by atoms with Gasteiger partial charge in [-0.2, -0.15) is 5.10 Å². The second-order valence-corrected chi connectivity index (χ2v) is 5.94. The van der Waals surface area contributed by atoms with Crippen molar-refractivity contribution >= 4 is 22.6 Å². The highest BCUT2D eigenvalue weighted by Gasteiger charge is 2.11. The number of rotatable bonds is 6. The van der Waals surface area contributed by atoms with Crippen molar-refractivity contribution < 1.29 is 9.84 Å². The lowest BCUT2D eigenvalue weighted by Crippen LogP contribution is -2.29. The number of ether oxygens (including phenoxy) is 1. The predicted octanol–water partition coefficient (Wildman–Crippen LogP) is 1.36. The normalized spacial score (nSPS) is 12.6. The molecule has 1 N–H and O–H groups in total. The molecule has 0 aliphatic carbocycles. The van der Waals surface area contributed by atoms with Crippen molar-refractivity contribution in [2.45, 2.75) is 19.3 Å². The molecule has 1 aromatic carbocycles. The summed E-state index contributed by atoms with van der Waals surface area (Å²) in [6.45, 7) is 0.584. The first kappa shape index (κ1) is 16.6. The van der Waals surface area contributed by atoms with E-state index in [0.29, 0.717) is 22.7 Å². The summed E-state index contributed by atoms with van der Waals surface area (Å²) >= 11 is 5.82. The Balaban J connectivity index is 1.58. The van der Waals surface area contributed by atoms with Crippen molar-refractivity contribution in [2.75, 3.05) is 6.61 Å². The molecule has 1 atom stereocenters. The largest absolute Gasteiger partial charge is 0.389 e. The number of aryl methyl sites for hydroxylation is 1. The molecule has 0 aliphatic heterocycles. The number of nitrogens with zero attached hydrogens (tertiary/aromatic N) is 4. The van der Waals surface area contributed by atoms with Crippen molar-refractivity contribution in [1.29, 1.82) is 0 Å². The van der Waals surface area contributed by atoms with Gasteiger partial charge in [-0.05, 0) is 17.7 Å². The molecule has 7 nitrogen and oxygen atoms in total. The summed E-state index contributed by atoms with van der Waals surface area (Å²) in [4.78, 5) is 16.5. The molecule has 0 saturated heterocycles. The molecule has 0 fully saturated rings. The maximum atomic E-state index is 12.3. The van der Waals surface area contributed by atoms with E-state index in [4.69, 9.17) is 16.3 Å². The van der Waals surface area contributed by atoms with Crippen LogP contribution >= 0.6 is 11.6 Å². The Morgan fingerprint density at radius 1 is 1.33 bits per heavy atom. The summed E-state index contributed by atoms with van der Waals surface area (Å²) in [5.41, 5.74) is 1.25. The fourth-order valence-electron chi connectivity index (χ4n) is 2.37. The fourth-order valence-corrected chi connectivity index (χ4v) is 2.50. The minimum Gasteiger partial charge on any atom is -0.389 e. The van der Waals surface area contributed by atoms with Crippen molar-refractivity contribution in [3.05, 3.63) is 57.7 Å². The molecule has 0 spiro atoms. The van der Waals surface area contributed by atoms with E-state index in [1.165, 1.54) is 21.8 Å². The standard InChI is InChI=1S/C16H17ClN4O3/c1-20-15-14(6-19-20)16(23)21(10-18-15)7-13(22)9-24-8-11-2-4-12(17)5-3-11/h2-6,10,13,22H,7-9H2,1H3. The van der Waals surface area contributed by atoms with Crippen LogP contribution in [0.2, 0.25) is 5.02 Å². The summed E-state index contributed by atoms with van der Waals surface area (Å²) in [5.74, 6) is 0. The van der Waals surface area contributed by atoms with Gasteiger partial charge in [-0.25, -0.2) is 4.98 Å². The molecule has 0 bridgehead atoms. The zero-order valence-electron chi connectivity index (χ0n) is 13.1. The van der Waals surface area contributed by atoms with Gasteiger partial charge in [0.1, 0.15) is 11.7 Å². The van der Waals surface area contributed by atoms with E-state index in [-0.39, 0.29) is 18.7 Å². The van der Waals surface area contributed by atoms with Gasteiger partial charge in [-0.15, -0.1) is 0 Å². The topological polar surface area (TPSA) is 82.2 Å². The lowest BCUT2D eigenvalue weighted by molar-refractivity contribution is 0.0198. The first-order valence-corrected chi connectivity index (χ1v) is 7.80. The molecule has 3 rings (SSSR count). The highest BCUT2D eigenvalue weighted by atomic mass is 35.5. The molecule has 24 heavy (non-hydrogen) atoms. The first-order valence-electron chi connectivity index (χ1n) is 7.42. The third kappa shape index (κ3) is 3.64. The smallest absolute Gasteiger partial charge is 0.264 e. The quantitative estimate of drug-likeness (QED) is 0.727. The van der Waals surface area contributed by atoms with Crippen molar-refractivity contribution in [2.24, 2.45) is 7.05 Å². The van der Waals surface area contributed by atoms with E-state index < -0.39 is 6.10 Å². The third-order valence-electron chi connectivity index (χ3n) is 3.62. The monoisotopic (exact) mass is 348 g/mol. The predicted molar refractivity (Wildman–Crippen MR) is 89.9 cm³/mol. The van der Waals surface area contributed by atoms with Crippen LogP contribution in [0.1, 0.15) is 5.56 Å². The van der Waals surface area contributed by atoms with Crippen molar-refractivity contribution in [1.82, 2.24) is 19.3 Å². The Kier molecular flexibility index (Phi) is 4.94. The van der Waals surface area contributed by atoms with Crippen LogP contribution in [0.5, 0.6) is 0 Å². The number of halogens is 1. The van der Waals surface area contributed by atoms with Gasteiger partial charge in [-0.1, -0.05) is 23.7 Å². The molecule has 126 valence electrons. The Morgan fingerprint density at radius 3 is 2.83 bits per heavy atom. The van der Waals surface area contributed by atoms with E-state index in [1.807, 2.05) is 12.1 Å². The van der Waals surface area contributed by atoms with Crippen LogP contribution in [0.4, 0.5) is 0 Å². The SMILES string of the molecule is Cn1ncc2c(=O)n(CC(O)COCc3ccc(Cl)cc3)cnc21. The van der Waals surface area contributed by atoms with E-state index in [0.717, 1.165) is 5.56 Å². The number of hydrogen-bond donors (Lipinski definition) is 1. The van der Waals surface area contributed by atoms with E-state index in [9.17, 15) is 9.90 Å². The van der Waals surface area contributed by atoms with Gasteiger partial charge in [0.05, 0.1) is 32.1 Å². The van der Waals surface area contributed by atoms with Crippen LogP contribution in [0.15, 0.2) is 41.6 Å². The Morgan fingerprint density at radius 2 is 2.08 bits per heavy atom. The maximum Gasteiger partial charge on any atom is 0.264 e. The zero-order valence-corrected chi connectivity index (χ0v) is 13.8. The average molecular weight is 349 g/mol. The molecule has 3 aromatic rings. The Bertz CT molecular complexity index is 888. The van der Waals surface area contributed by atoms with Gasteiger partial charge in [0.2, 0.25) is 0 Å². The highest BCUT2D eigenvalue weighted by Crippen LogP contribution is 2.10. The van der Waals surface area contributed by atoms with E-state index in [1.54, 1.807) is 19.2 Å². The van der Waals surface area contributed by atoms with Crippen molar-refractivity contribution in [3.63, 3.8) is 0 Å². The van der Waals surface area contributed by atoms with Gasteiger partial charge >= 0.3 is 0 Å². The summed E-state index contributed by atoms with van der Waals surface area (Å²) in [7, 11) is 1.72. The Hall–Kier alpha value is -2.22. The fraction of sp³-hybridized carbons (Fsp3) is 0.312. The molecule has 0 aliphatic rings. The van der Waals surface area contributed by atoms with Crippen LogP contribution in [0, 0.1) is 0 Å². The second-order valence-electron chi connectivity index (χ2n) is 5.50. The lowest BCUT2D eigenvalue weighted by Gasteiger charge is -2.13. The van der Waals surface area contributed by atoms with Gasteiger partial charge in [0.25, 0.3) is 5.56 Å². The summed E-state index contributed by atoms with van der Waals surface area (Å²) in [5, 5.41) is 15.2. The van der Waals surface area contributed by atoms with Gasteiger partial charge in [0.15, 0.2) is 5.65 Å².